The summed E-state index contributed by atoms with van der Waals surface area (Å²) in [7, 11) is -3.89. The number of piperidine rings is 1. The maximum atomic E-state index is 13.5. The second-order valence-corrected chi connectivity index (χ2v) is 12.2. The molecule has 0 unspecified atom stereocenters. The van der Waals surface area contributed by atoms with Crippen LogP contribution < -0.4 is 4.90 Å². The zero-order chi connectivity index (χ0) is 26.9. The van der Waals surface area contributed by atoms with Gasteiger partial charge in [0.15, 0.2) is 11.6 Å². The van der Waals surface area contributed by atoms with Gasteiger partial charge in [0, 0.05) is 49.1 Å². The number of nitrogens with zero attached hydrogens (tertiary/aromatic N) is 2. The summed E-state index contributed by atoms with van der Waals surface area (Å²) in [6, 6.07) is 19.1. The third-order valence-corrected chi connectivity index (χ3v) is 9.38. The van der Waals surface area contributed by atoms with Crippen LogP contribution in [0.15, 0.2) is 82.7 Å². The van der Waals surface area contributed by atoms with E-state index in [4.69, 9.17) is 0 Å². The molecule has 5 nitrogen and oxygen atoms in total. The zero-order valence-corrected chi connectivity index (χ0v) is 23.7. The van der Waals surface area contributed by atoms with E-state index < -0.39 is 21.5 Å². The van der Waals surface area contributed by atoms with Crippen molar-refractivity contribution in [3.8, 4) is 0 Å². The largest absolute Gasteiger partial charge is 0.368 e. The number of para-hydroxylation sites is 1. The molecule has 1 aromatic heterocycles. The third kappa shape index (κ3) is 6.13. The van der Waals surface area contributed by atoms with Crippen LogP contribution in [0.1, 0.15) is 32.3 Å². The van der Waals surface area contributed by atoms with Gasteiger partial charge in [-0.1, -0.05) is 18.2 Å². The minimum Gasteiger partial charge on any atom is -0.368 e. The Morgan fingerprint density at radius 2 is 1.56 bits per heavy atom. The highest BCUT2D eigenvalue weighted by atomic mass is 35.5. The Morgan fingerprint density at radius 3 is 2.26 bits per heavy atom. The van der Waals surface area contributed by atoms with Crippen LogP contribution in [0.3, 0.4) is 0 Å². The van der Waals surface area contributed by atoms with Crippen molar-refractivity contribution < 1.29 is 17.2 Å². The topological polar surface area (TPSA) is 56.4 Å². The molecule has 39 heavy (non-hydrogen) atoms. The monoisotopic (exact) mass is 573 g/mol. The van der Waals surface area contributed by atoms with Gasteiger partial charge in [0.05, 0.1) is 9.79 Å². The van der Waals surface area contributed by atoms with Gasteiger partial charge >= 0.3 is 0 Å². The maximum absolute atomic E-state index is 13.5. The first-order valence-electron chi connectivity index (χ1n) is 13.1. The average molecular weight is 574 g/mol. The molecule has 1 N–H and O–H groups in total. The Balaban J connectivity index is 0.000000297. The van der Waals surface area contributed by atoms with Crippen LogP contribution in [0, 0.1) is 11.6 Å². The Labute approximate surface area is 235 Å². The smallest absolute Gasteiger partial charge is 0.206 e. The molecule has 1 saturated heterocycles. The first-order chi connectivity index (χ1) is 18.2. The van der Waals surface area contributed by atoms with Crippen molar-refractivity contribution in [3.63, 3.8) is 0 Å². The fourth-order valence-electron chi connectivity index (χ4n) is 5.44. The number of halogens is 3. The summed E-state index contributed by atoms with van der Waals surface area (Å²) >= 11 is 0. The predicted molar refractivity (Wildman–Crippen MR) is 155 cm³/mol. The van der Waals surface area contributed by atoms with Crippen LogP contribution >= 0.6 is 12.4 Å². The number of likely N-dealkylation sites (tertiary alicyclic amines) is 1. The lowest BCUT2D eigenvalue weighted by molar-refractivity contribution is 0.170. The van der Waals surface area contributed by atoms with Crippen LogP contribution in [-0.2, 0) is 16.3 Å². The molecule has 0 aliphatic carbocycles. The molecule has 0 radical (unpaired) electrons. The number of rotatable bonds is 4. The minimum atomic E-state index is -3.89. The molecular weight excluding hydrogens is 540 g/mol. The highest BCUT2D eigenvalue weighted by molar-refractivity contribution is 7.91. The van der Waals surface area contributed by atoms with E-state index in [2.05, 4.69) is 46.8 Å². The Kier molecular flexibility index (Phi) is 8.99. The summed E-state index contributed by atoms with van der Waals surface area (Å²) < 4.78 is 52.5. The van der Waals surface area contributed by atoms with E-state index in [-0.39, 0.29) is 22.2 Å². The summed E-state index contributed by atoms with van der Waals surface area (Å²) in [5.41, 5.74) is 3.30. The van der Waals surface area contributed by atoms with Crippen molar-refractivity contribution >= 4 is 38.8 Å². The first kappa shape index (κ1) is 29.1. The van der Waals surface area contributed by atoms with Gasteiger partial charge in [-0.3, -0.25) is 0 Å². The molecule has 4 aromatic rings. The zero-order valence-electron chi connectivity index (χ0n) is 22.1. The highest BCUT2D eigenvalue weighted by Gasteiger charge is 2.31. The summed E-state index contributed by atoms with van der Waals surface area (Å²) in [6.45, 7) is 7.49. The number of aromatic nitrogens is 1. The summed E-state index contributed by atoms with van der Waals surface area (Å²) in [6.07, 6.45) is 4.95. The molecule has 2 aliphatic rings. The molecule has 0 atom stereocenters. The van der Waals surface area contributed by atoms with E-state index >= 15 is 0 Å². The van der Waals surface area contributed by atoms with Crippen molar-refractivity contribution in [2.75, 3.05) is 24.5 Å². The number of fused-ring (bicyclic) bond motifs is 2. The molecule has 0 saturated carbocycles. The molecule has 3 aromatic carbocycles. The van der Waals surface area contributed by atoms with E-state index in [0.717, 1.165) is 68.3 Å². The second-order valence-electron chi connectivity index (χ2n) is 10.2. The summed E-state index contributed by atoms with van der Waals surface area (Å²) in [5.74, 6) is -2.22. The van der Waals surface area contributed by atoms with Crippen LogP contribution in [0.25, 0.3) is 10.9 Å². The molecule has 6 rings (SSSR count). The number of anilines is 1. The lowest BCUT2D eigenvalue weighted by Gasteiger charge is -2.39. The van der Waals surface area contributed by atoms with Crippen molar-refractivity contribution in [2.24, 2.45) is 0 Å². The molecule has 3 heterocycles. The number of hydrogen-bond acceptors (Lipinski definition) is 4. The summed E-state index contributed by atoms with van der Waals surface area (Å²) in [4.78, 5) is 7.91. The number of H-pyrrole nitrogens is 1. The SMILES string of the molecule is CC(C)N1CCC(N2CCc3cc(S(=O)(=O)c4ccc(F)c(F)c4)ccc32)CC1.Cl.c1ccc2[nH]ccc2c1. The van der Waals surface area contributed by atoms with Crippen LogP contribution in [0.5, 0.6) is 0 Å². The number of benzene rings is 3. The van der Waals surface area contributed by atoms with Crippen molar-refractivity contribution in [2.45, 2.75) is 55.0 Å². The minimum absolute atomic E-state index is 0. The molecular formula is C30H34ClF2N3O2S. The fourth-order valence-corrected chi connectivity index (χ4v) is 6.76. The van der Waals surface area contributed by atoms with Gasteiger partial charge in [-0.25, -0.2) is 17.2 Å². The van der Waals surface area contributed by atoms with Gasteiger partial charge in [0.25, 0.3) is 0 Å². The molecule has 2 aliphatic heterocycles. The second kappa shape index (κ2) is 12.1. The molecule has 0 spiro atoms. The van der Waals surface area contributed by atoms with Crippen molar-refractivity contribution in [3.05, 3.63) is 90.1 Å². The predicted octanol–water partition coefficient (Wildman–Crippen LogP) is 6.62. The maximum Gasteiger partial charge on any atom is 0.206 e. The number of hydrogen-bond donors (Lipinski definition) is 1. The normalized spacial score (nSPS) is 16.1. The van der Waals surface area contributed by atoms with Crippen molar-refractivity contribution in [1.29, 1.82) is 0 Å². The van der Waals surface area contributed by atoms with Gasteiger partial charge in [0.2, 0.25) is 9.84 Å². The number of nitrogens with one attached hydrogen (secondary N) is 1. The lowest BCUT2D eigenvalue weighted by atomic mass is 10.0. The molecule has 0 amide bonds. The quantitative estimate of drug-likeness (QED) is 0.279. The Morgan fingerprint density at radius 1 is 0.872 bits per heavy atom. The Bertz CT molecular complexity index is 1500. The van der Waals surface area contributed by atoms with Gasteiger partial charge in [-0.2, -0.15) is 0 Å². The van der Waals surface area contributed by atoms with Gasteiger partial charge in [-0.05, 0) is 92.6 Å². The number of aromatic amines is 1. The van der Waals surface area contributed by atoms with E-state index in [0.29, 0.717) is 12.1 Å². The molecule has 0 bridgehead atoms. The van der Waals surface area contributed by atoms with Gasteiger partial charge in [0.1, 0.15) is 0 Å². The van der Waals surface area contributed by atoms with E-state index in [1.165, 1.54) is 10.9 Å². The standard InChI is InChI=1S/C22H26F2N2O2S.C8H7N.ClH/c1-15(2)25-10-8-17(9-11-25)26-12-7-16-13-18(4-6-22(16)26)29(27,28)19-3-5-20(23)21(24)14-19;1-2-4-8-7(3-1)5-6-9-8;/h3-6,13-15,17H,7-12H2,1-2H3;1-6,9H;1H. The molecule has 208 valence electrons. The van der Waals surface area contributed by atoms with Gasteiger partial charge in [-0.15, -0.1) is 12.4 Å². The molecule has 1 fully saturated rings. The van der Waals surface area contributed by atoms with E-state index in [9.17, 15) is 17.2 Å². The Hall–Kier alpha value is -2.94. The lowest BCUT2D eigenvalue weighted by Crippen LogP contribution is -2.46. The van der Waals surface area contributed by atoms with E-state index in [1.54, 1.807) is 12.1 Å². The number of sulfone groups is 1. The third-order valence-electron chi connectivity index (χ3n) is 7.63. The fraction of sp³-hybridized carbons (Fsp3) is 0.333. The van der Waals surface area contributed by atoms with Crippen LogP contribution in [0.2, 0.25) is 0 Å². The molecule has 9 heteroatoms. The van der Waals surface area contributed by atoms with Crippen LogP contribution in [0.4, 0.5) is 14.5 Å². The van der Waals surface area contributed by atoms with E-state index in [1.807, 2.05) is 24.4 Å². The summed E-state index contributed by atoms with van der Waals surface area (Å²) in [5, 5.41) is 1.28. The average Bonchev–Trinajstić information content (AvgIpc) is 3.57. The van der Waals surface area contributed by atoms with Crippen molar-refractivity contribution in [1.82, 2.24) is 9.88 Å². The van der Waals surface area contributed by atoms with Gasteiger partial charge < -0.3 is 14.8 Å². The van der Waals surface area contributed by atoms with Crippen LogP contribution in [-0.4, -0.2) is 50.0 Å². The highest BCUT2D eigenvalue weighted by Crippen LogP contribution is 2.35. The first-order valence-corrected chi connectivity index (χ1v) is 14.6.